The van der Waals surface area contributed by atoms with Crippen LogP contribution in [-0.2, 0) is 17.5 Å². The smallest absolute Gasteiger partial charge is 0.416 e. The summed E-state index contributed by atoms with van der Waals surface area (Å²) in [4.78, 5) is 10.9. The number of carbonyl (C=O) groups excluding carboxylic acids is 1. The molecule has 0 aliphatic carbocycles. The summed E-state index contributed by atoms with van der Waals surface area (Å²) in [7, 11) is 0. The van der Waals surface area contributed by atoms with Crippen molar-refractivity contribution in [2.75, 3.05) is 0 Å². The van der Waals surface area contributed by atoms with Gasteiger partial charge in [0.25, 0.3) is 0 Å². The predicted molar refractivity (Wildman–Crippen MR) is 66.7 cm³/mol. The van der Waals surface area contributed by atoms with Crippen molar-refractivity contribution in [3.8, 4) is 11.1 Å². The molecule has 0 unspecified atom stereocenters. The minimum absolute atomic E-state index is 0.193. The molecule has 1 aromatic carbocycles. The SMILES string of the molecule is CC(=O)NCc1occc1-c1ccc(C(F)(F)F)cc1. The summed E-state index contributed by atoms with van der Waals surface area (Å²) in [6, 6.07) is 6.45. The van der Waals surface area contributed by atoms with Crippen LogP contribution in [0.4, 0.5) is 13.2 Å². The average Bonchev–Trinajstić information content (AvgIpc) is 2.83. The Balaban J connectivity index is 2.24. The molecule has 0 saturated carbocycles. The zero-order valence-electron chi connectivity index (χ0n) is 10.6. The molecular weight excluding hydrogens is 271 g/mol. The lowest BCUT2D eigenvalue weighted by molar-refractivity contribution is -0.137. The first-order valence-corrected chi connectivity index (χ1v) is 5.86. The summed E-state index contributed by atoms with van der Waals surface area (Å²) in [5.41, 5.74) is 0.563. The van der Waals surface area contributed by atoms with Gasteiger partial charge in [0.05, 0.1) is 18.4 Å². The molecule has 1 aromatic heterocycles. The van der Waals surface area contributed by atoms with Gasteiger partial charge < -0.3 is 9.73 Å². The second kappa shape index (κ2) is 5.40. The minimum atomic E-state index is -4.35. The monoisotopic (exact) mass is 283 g/mol. The van der Waals surface area contributed by atoms with Gasteiger partial charge in [-0.25, -0.2) is 0 Å². The van der Waals surface area contributed by atoms with E-state index in [1.165, 1.54) is 25.3 Å². The lowest BCUT2D eigenvalue weighted by atomic mass is 10.0. The second-order valence-corrected chi connectivity index (χ2v) is 4.24. The number of hydrogen-bond donors (Lipinski definition) is 1. The van der Waals surface area contributed by atoms with Crippen LogP contribution >= 0.6 is 0 Å². The van der Waals surface area contributed by atoms with E-state index in [4.69, 9.17) is 4.42 Å². The normalized spacial score (nSPS) is 11.4. The molecule has 106 valence electrons. The molecule has 6 heteroatoms. The van der Waals surface area contributed by atoms with Crippen molar-refractivity contribution < 1.29 is 22.4 Å². The third-order valence-electron chi connectivity index (χ3n) is 2.77. The van der Waals surface area contributed by atoms with Crippen LogP contribution in [0.5, 0.6) is 0 Å². The number of nitrogens with one attached hydrogen (secondary N) is 1. The first-order valence-electron chi connectivity index (χ1n) is 5.86. The highest BCUT2D eigenvalue weighted by atomic mass is 19.4. The highest BCUT2D eigenvalue weighted by Gasteiger charge is 2.30. The Labute approximate surface area is 113 Å². The van der Waals surface area contributed by atoms with Crippen LogP contribution in [0, 0.1) is 0 Å². The Hall–Kier alpha value is -2.24. The van der Waals surface area contributed by atoms with Gasteiger partial charge in [0, 0.05) is 12.5 Å². The highest BCUT2D eigenvalue weighted by Crippen LogP contribution is 2.32. The molecule has 0 atom stereocenters. The molecule has 2 aromatic rings. The molecule has 0 saturated heterocycles. The van der Waals surface area contributed by atoms with E-state index in [-0.39, 0.29) is 12.5 Å². The predicted octanol–water partition coefficient (Wildman–Crippen LogP) is 3.60. The first-order chi connectivity index (χ1) is 9.38. The number of carbonyl (C=O) groups is 1. The third kappa shape index (κ3) is 3.20. The third-order valence-corrected chi connectivity index (χ3v) is 2.77. The van der Waals surface area contributed by atoms with E-state index < -0.39 is 11.7 Å². The standard InChI is InChI=1S/C14H12F3NO2/c1-9(19)18-8-13-12(6-7-20-13)10-2-4-11(5-3-10)14(15,16)17/h2-7H,8H2,1H3,(H,18,19). The minimum Gasteiger partial charge on any atom is -0.467 e. The number of furan rings is 1. The molecule has 0 radical (unpaired) electrons. The maximum atomic E-state index is 12.5. The first kappa shape index (κ1) is 14.2. The van der Waals surface area contributed by atoms with Crippen LogP contribution < -0.4 is 5.32 Å². The number of amides is 1. The molecule has 1 amide bonds. The second-order valence-electron chi connectivity index (χ2n) is 4.24. The summed E-state index contributed by atoms with van der Waals surface area (Å²) in [5.74, 6) is 0.291. The molecule has 20 heavy (non-hydrogen) atoms. The van der Waals surface area contributed by atoms with Crippen molar-refractivity contribution in [1.29, 1.82) is 0 Å². The summed E-state index contributed by atoms with van der Waals surface area (Å²) in [5, 5.41) is 2.58. The number of hydrogen-bond acceptors (Lipinski definition) is 2. The van der Waals surface area contributed by atoms with E-state index in [9.17, 15) is 18.0 Å². The Morgan fingerprint density at radius 2 is 1.85 bits per heavy atom. The summed E-state index contributed by atoms with van der Waals surface area (Å²) in [6.45, 7) is 1.57. The highest BCUT2D eigenvalue weighted by molar-refractivity contribution is 5.73. The molecule has 2 rings (SSSR count). The zero-order chi connectivity index (χ0) is 14.8. The van der Waals surface area contributed by atoms with Gasteiger partial charge in [-0.05, 0) is 23.8 Å². The molecule has 1 heterocycles. The van der Waals surface area contributed by atoms with E-state index in [0.29, 0.717) is 16.9 Å². The van der Waals surface area contributed by atoms with Gasteiger partial charge in [-0.1, -0.05) is 12.1 Å². The molecule has 0 aliphatic rings. The fourth-order valence-corrected chi connectivity index (χ4v) is 1.78. The van der Waals surface area contributed by atoms with Crippen LogP contribution in [0.3, 0.4) is 0 Å². The molecule has 3 nitrogen and oxygen atoms in total. The van der Waals surface area contributed by atoms with E-state index in [1.807, 2.05) is 0 Å². The zero-order valence-corrected chi connectivity index (χ0v) is 10.6. The van der Waals surface area contributed by atoms with Crippen molar-refractivity contribution in [2.24, 2.45) is 0 Å². The molecule has 1 N–H and O–H groups in total. The number of halogens is 3. The van der Waals surface area contributed by atoms with Crippen LogP contribution in [0.2, 0.25) is 0 Å². The molecular formula is C14H12F3NO2. The van der Waals surface area contributed by atoms with Gasteiger partial charge in [0.1, 0.15) is 5.76 Å². The summed E-state index contributed by atoms with van der Waals surface area (Å²) in [6.07, 6.45) is -2.92. The topological polar surface area (TPSA) is 42.2 Å². The number of benzene rings is 1. The van der Waals surface area contributed by atoms with E-state index >= 15 is 0 Å². The maximum Gasteiger partial charge on any atom is 0.416 e. The van der Waals surface area contributed by atoms with Gasteiger partial charge in [-0.2, -0.15) is 13.2 Å². The number of rotatable bonds is 3. The van der Waals surface area contributed by atoms with Crippen LogP contribution in [0.25, 0.3) is 11.1 Å². The Kier molecular flexibility index (Phi) is 3.83. The van der Waals surface area contributed by atoms with Crippen molar-refractivity contribution in [3.05, 3.63) is 47.9 Å². The quantitative estimate of drug-likeness (QED) is 0.935. The van der Waals surface area contributed by atoms with E-state index in [2.05, 4.69) is 5.32 Å². The van der Waals surface area contributed by atoms with Crippen molar-refractivity contribution >= 4 is 5.91 Å². The lowest BCUT2D eigenvalue weighted by Gasteiger charge is -2.08. The molecule has 0 aliphatic heterocycles. The van der Waals surface area contributed by atoms with Crippen molar-refractivity contribution in [2.45, 2.75) is 19.6 Å². The van der Waals surface area contributed by atoms with Gasteiger partial charge in [-0.3, -0.25) is 4.79 Å². The van der Waals surface area contributed by atoms with Crippen molar-refractivity contribution in [3.63, 3.8) is 0 Å². The average molecular weight is 283 g/mol. The van der Waals surface area contributed by atoms with Crippen molar-refractivity contribution in [1.82, 2.24) is 5.32 Å². The van der Waals surface area contributed by atoms with Crippen LogP contribution in [0.1, 0.15) is 18.2 Å². The van der Waals surface area contributed by atoms with Gasteiger partial charge in [0.2, 0.25) is 5.91 Å². The summed E-state index contributed by atoms with van der Waals surface area (Å²) >= 11 is 0. The van der Waals surface area contributed by atoms with Gasteiger partial charge in [0.15, 0.2) is 0 Å². The van der Waals surface area contributed by atoms with Gasteiger partial charge in [-0.15, -0.1) is 0 Å². The number of alkyl halides is 3. The lowest BCUT2D eigenvalue weighted by Crippen LogP contribution is -2.18. The molecule has 0 fully saturated rings. The Morgan fingerprint density at radius 1 is 1.20 bits per heavy atom. The van der Waals surface area contributed by atoms with E-state index in [1.54, 1.807) is 6.07 Å². The molecule has 0 bridgehead atoms. The van der Waals surface area contributed by atoms with Crippen LogP contribution in [0.15, 0.2) is 41.0 Å². The largest absolute Gasteiger partial charge is 0.467 e. The molecule has 0 spiro atoms. The van der Waals surface area contributed by atoms with Gasteiger partial charge >= 0.3 is 6.18 Å². The van der Waals surface area contributed by atoms with E-state index in [0.717, 1.165) is 12.1 Å². The fraction of sp³-hybridized carbons (Fsp3) is 0.214. The Bertz CT molecular complexity index is 600. The summed E-state index contributed by atoms with van der Waals surface area (Å²) < 4.78 is 42.7. The van der Waals surface area contributed by atoms with Crippen LogP contribution in [-0.4, -0.2) is 5.91 Å². The fourth-order valence-electron chi connectivity index (χ4n) is 1.78. The Morgan fingerprint density at radius 3 is 2.40 bits per heavy atom. The maximum absolute atomic E-state index is 12.5.